The number of carbonyl (C=O) groups excluding carboxylic acids is 2. The molecule has 1 unspecified atom stereocenters. The Labute approximate surface area is 285 Å². The van der Waals surface area contributed by atoms with E-state index in [1.807, 2.05) is 49.4 Å². The van der Waals surface area contributed by atoms with Crippen LogP contribution in [0.3, 0.4) is 0 Å². The van der Waals surface area contributed by atoms with E-state index in [-0.39, 0.29) is 22.2 Å². The van der Waals surface area contributed by atoms with E-state index in [1.54, 1.807) is 36.4 Å². The van der Waals surface area contributed by atoms with Crippen LogP contribution in [0.15, 0.2) is 125 Å². The molecule has 0 bridgehead atoms. The van der Waals surface area contributed by atoms with E-state index in [0.717, 1.165) is 27.5 Å². The van der Waals surface area contributed by atoms with Crippen LogP contribution in [0.2, 0.25) is 0 Å². The van der Waals surface area contributed by atoms with Gasteiger partial charge in [0, 0.05) is 11.3 Å². The summed E-state index contributed by atoms with van der Waals surface area (Å²) in [5.74, 6) is -0.735. The van der Waals surface area contributed by atoms with Crippen molar-refractivity contribution in [1.29, 1.82) is 0 Å². The van der Waals surface area contributed by atoms with Gasteiger partial charge in [-0.05, 0) is 70.8 Å². The van der Waals surface area contributed by atoms with Crippen molar-refractivity contribution in [3.63, 3.8) is 0 Å². The average molecular weight is 672 g/mol. The molecule has 0 spiro atoms. The van der Waals surface area contributed by atoms with Crippen LogP contribution in [0, 0.1) is 6.92 Å². The highest BCUT2D eigenvalue weighted by Crippen LogP contribution is 2.44. The molecule has 1 fully saturated rings. The number of ether oxygens (including phenoxy) is 1. The lowest BCUT2D eigenvalue weighted by atomic mass is 9.95. The quantitative estimate of drug-likeness (QED) is 0.0520. The number of aryl methyl sites for hydroxylation is 1. The number of phenolic OH excluding ortho intramolecular Hbond substituents is 1. The van der Waals surface area contributed by atoms with Crippen molar-refractivity contribution in [3.05, 3.63) is 149 Å². The molecule has 1 atom stereocenters. The number of amides is 1. The number of rotatable bonds is 9. The molecular weight excluding hydrogens is 643 g/mol. The maximum absolute atomic E-state index is 13.6. The summed E-state index contributed by atoms with van der Waals surface area (Å²) in [5, 5.41) is 32.7. The SMILES string of the molecule is Cc1cccc(COc2ccc(/C(O)=C3\C(=O)C(=O)N(c4nnc(SCc5cccc6ccccc56)s4)C3c3ccc(O)cc3)cc2)c1. The maximum atomic E-state index is 13.6. The number of ketones is 1. The summed E-state index contributed by atoms with van der Waals surface area (Å²) in [6, 6.07) is 34.3. The van der Waals surface area contributed by atoms with Crippen LogP contribution < -0.4 is 9.64 Å². The maximum Gasteiger partial charge on any atom is 0.301 e. The van der Waals surface area contributed by atoms with Crippen molar-refractivity contribution in [2.75, 3.05) is 4.90 Å². The van der Waals surface area contributed by atoms with Gasteiger partial charge in [-0.1, -0.05) is 108 Å². The lowest BCUT2D eigenvalue weighted by molar-refractivity contribution is -0.132. The molecule has 0 aliphatic carbocycles. The normalized spacial score (nSPS) is 15.7. The van der Waals surface area contributed by atoms with E-state index >= 15 is 0 Å². The van der Waals surface area contributed by atoms with Gasteiger partial charge in [-0.2, -0.15) is 0 Å². The second-order valence-electron chi connectivity index (χ2n) is 11.3. The van der Waals surface area contributed by atoms with E-state index in [0.29, 0.717) is 33.6 Å². The zero-order chi connectivity index (χ0) is 33.2. The summed E-state index contributed by atoms with van der Waals surface area (Å²) < 4.78 is 6.56. The summed E-state index contributed by atoms with van der Waals surface area (Å²) in [6.45, 7) is 2.40. The minimum Gasteiger partial charge on any atom is -0.508 e. The van der Waals surface area contributed by atoms with Gasteiger partial charge in [0.25, 0.3) is 5.78 Å². The van der Waals surface area contributed by atoms with E-state index in [1.165, 1.54) is 40.1 Å². The minimum atomic E-state index is -0.994. The van der Waals surface area contributed by atoms with Gasteiger partial charge < -0.3 is 14.9 Å². The monoisotopic (exact) mass is 671 g/mol. The first-order valence-corrected chi connectivity index (χ1v) is 17.0. The molecule has 8 nitrogen and oxygen atoms in total. The number of aliphatic hydroxyl groups excluding tert-OH is 1. The first-order chi connectivity index (χ1) is 23.4. The van der Waals surface area contributed by atoms with Gasteiger partial charge in [0.1, 0.15) is 23.9 Å². The summed E-state index contributed by atoms with van der Waals surface area (Å²) in [5.41, 5.74) is 4.10. The Balaban J connectivity index is 1.17. The van der Waals surface area contributed by atoms with Gasteiger partial charge >= 0.3 is 5.91 Å². The molecule has 0 radical (unpaired) electrons. The fourth-order valence-corrected chi connectivity index (χ4v) is 7.62. The van der Waals surface area contributed by atoms with Gasteiger partial charge in [0.15, 0.2) is 4.34 Å². The highest BCUT2D eigenvalue weighted by Gasteiger charge is 2.48. The summed E-state index contributed by atoms with van der Waals surface area (Å²) in [4.78, 5) is 28.5. The molecule has 48 heavy (non-hydrogen) atoms. The summed E-state index contributed by atoms with van der Waals surface area (Å²) in [7, 11) is 0. The van der Waals surface area contributed by atoms with E-state index < -0.39 is 17.7 Å². The molecule has 1 aliphatic rings. The number of hydrogen-bond acceptors (Lipinski definition) is 9. The van der Waals surface area contributed by atoms with Gasteiger partial charge in [0.2, 0.25) is 5.13 Å². The molecule has 1 amide bonds. The fraction of sp³-hybridized carbons (Fsp3) is 0.105. The molecule has 1 aliphatic heterocycles. The Morgan fingerprint density at radius 2 is 1.65 bits per heavy atom. The largest absolute Gasteiger partial charge is 0.508 e. The molecule has 2 N–H and O–H groups in total. The van der Waals surface area contributed by atoms with Crippen LogP contribution in [-0.4, -0.2) is 32.1 Å². The Hall–Kier alpha value is -5.45. The number of hydrogen-bond donors (Lipinski definition) is 2. The Kier molecular flexibility index (Phi) is 8.66. The third kappa shape index (κ3) is 6.27. The molecule has 1 aromatic heterocycles. The zero-order valence-corrected chi connectivity index (χ0v) is 27.4. The number of nitrogens with zero attached hydrogens (tertiary/aromatic N) is 3. The van der Waals surface area contributed by atoms with Crippen molar-refractivity contribution in [1.82, 2.24) is 10.2 Å². The predicted octanol–water partition coefficient (Wildman–Crippen LogP) is 8.20. The number of aromatic hydroxyl groups is 1. The molecule has 5 aromatic carbocycles. The van der Waals surface area contributed by atoms with Crippen molar-refractivity contribution in [3.8, 4) is 11.5 Å². The van der Waals surface area contributed by atoms with Crippen LogP contribution in [-0.2, 0) is 21.9 Å². The number of benzene rings is 5. The van der Waals surface area contributed by atoms with Crippen LogP contribution in [0.25, 0.3) is 16.5 Å². The average Bonchev–Trinajstić information content (AvgIpc) is 3.68. The molecule has 2 heterocycles. The number of carbonyl (C=O) groups is 2. The molecule has 7 rings (SSSR count). The standard InChI is InChI=1S/C38H29N3O5S2/c1-23-6-4-7-24(20-23)21-46-30-18-14-27(15-19-30)34(43)32-33(26-12-16-29(42)17-13-26)41(36(45)35(32)44)37-39-40-38(48-37)47-22-28-10-5-9-25-8-2-3-11-31(25)28/h2-20,33,42-43H,21-22H2,1H3/b34-32+. The van der Waals surface area contributed by atoms with Gasteiger partial charge in [-0.3, -0.25) is 14.5 Å². The van der Waals surface area contributed by atoms with Gasteiger partial charge in [0.05, 0.1) is 11.6 Å². The van der Waals surface area contributed by atoms with Gasteiger partial charge in [-0.15, -0.1) is 10.2 Å². The second-order valence-corrected chi connectivity index (χ2v) is 13.5. The van der Waals surface area contributed by atoms with Crippen molar-refractivity contribution in [2.24, 2.45) is 0 Å². The highest BCUT2D eigenvalue weighted by atomic mass is 32.2. The number of fused-ring (bicyclic) bond motifs is 1. The van der Waals surface area contributed by atoms with E-state index in [2.05, 4.69) is 34.5 Å². The molecule has 0 saturated carbocycles. The Morgan fingerprint density at radius 3 is 2.44 bits per heavy atom. The highest BCUT2D eigenvalue weighted by molar-refractivity contribution is 8.00. The lowest BCUT2D eigenvalue weighted by Crippen LogP contribution is -2.29. The van der Waals surface area contributed by atoms with Crippen LogP contribution in [0.4, 0.5) is 5.13 Å². The predicted molar refractivity (Wildman–Crippen MR) is 188 cm³/mol. The molecule has 238 valence electrons. The van der Waals surface area contributed by atoms with Crippen molar-refractivity contribution < 1.29 is 24.5 Å². The number of anilines is 1. The van der Waals surface area contributed by atoms with Crippen LogP contribution in [0.1, 0.15) is 33.9 Å². The van der Waals surface area contributed by atoms with E-state index in [4.69, 9.17) is 4.74 Å². The lowest BCUT2D eigenvalue weighted by Gasteiger charge is -2.22. The molecular formula is C38H29N3O5S2. The van der Waals surface area contributed by atoms with Crippen molar-refractivity contribution >= 4 is 56.5 Å². The summed E-state index contributed by atoms with van der Waals surface area (Å²) in [6.07, 6.45) is 0. The minimum absolute atomic E-state index is 0.0278. The number of aliphatic hydroxyl groups is 1. The molecule has 6 aromatic rings. The fourth-order valence-electron chi connectivity index (χ4n) is 5.75. The van der Waals surface area contributed by atoms with Crippen LogP contribution >= 0.6 is 23.1 Å². The number of aromatic nitrogens is 2. The number of phenols is 1. The van der Waals surface area contributed by atoms with Crippen LogP contribution in [0.5, 0.6) is 11.5 Å². The first-order valence-electron chi connectivity index (χ1n) is 15.2. The topological polar surface area (TPSA) is 113 Å². The number of thioether (sulfide) groups is 1. The third-order valence-electron chi connectivity index (χ3n) is 8.10. The van der Waals surface area contributed by atoms with Crippen molar-refractivity contribution in [2.45, 2.75) is 29.7 Å². The van der Waals surface area contributed by atoms with Gasteiger partial charge in [-0.25, -0.2) is 0 Å². The Bertz CT molecular complexity index is 2170. The molecule has 10 heteroatoms. The summed E-state index contributed by atoms with van der Waals surface area (Å²) >= 11 is 2.69. The zero-order valence-electron chi connectivity index (χ0n) is 25.7. The second kappa shape index (κ2) is 13.3. The molecule has 1 saturated heterocycles. The van der Waals surface area contributed by atoms with E-state index in [9.17, 15) is 19.8 Å². The first kappa shape index (κ1) is 31.2. The smallest absolute Gasteiger partial charge is 0.301 e. The number of Topliss-reactive ketones (excluding diaryl/α,β-unsaturated/α-hetero) is 1. The third-order valence-corrected chi connectivity index (χ3v) is 10.2. The Morgan fingerprint density at radius 1 is 0.896 bits per heavy atom.